The molecule has 5 nitrogen and oxygen atoms in total. The first kappa shape index (κ1) is 15.6. The molecule has 1 aliphatic heterocycles. The van der Waals surface area contributed by atoms with Crippen LogP contribution in [-0.2, 0) is 0 Å². The van der Waals surface area contributed by atoms with Crippen molar-refractivity contribution in [2.75, 3.05) is 13.1 Å². The minimum absolute atomic E-state index is 0.00341. The van der Waals surface area contributed by atoms with E-state index in [1.165, 1.54) is 10.8 Å². The second-order valence-corrected chi connectivity index (χ2v) is 7.42. The van der Waals surface area contributed by atoms with Crippen molar-refractivity contribution in [3.8, 4) is 0 Å². The number of thioether (sulfide) groups is 1. The number of carboxylic acid groups (broad SMARTS) is 1. The average molecular weight is 352 g/mol. The van der Waals surface area contributed by atoms with Crippen LogP contribution in [0.2, 0.25) is 0 Å². The first-order valence-electron chi connectivity index (χ1n) is 7.65. The Kier molecular flexibility index (Phi) is 3.61. The summed E-state index contributed by atoms with van der Waals surface area (Å²) in [5.41, 5.74) is -1.31. The predicted octanol–water partition coefficient (Wildman–Crippen LogP) is 2.38. The molecule has 2 fully saturated rings. The predicted molar refractivity (Wildman–Crippen MR) is 85.9 cm³/mol. The lowest BCUT2D eigenvalue weighted by Gasteiger charge is -2.27. The zero-order valence-electron chi connectivity index (χ0n) is 12.5. The monoisotopic (exact) mass is 352 g/mol. The molecule has 0 radical (unpaired) electrons. The number of nitrogens with one attached hydrogen (secondary N) is 1. The van der Waals surface area contributed by atoms with Crippen LogP contribution in [0.5, 0.6) is 0 Å². The van der Waals surface area contributed by atoms with Crippen molar-refractivity contribution in [3.63, 3.8) is 0 Å². The molecule has 2 N–H and O–H groups in total. The molecular weight excluding hydrogens is 338 g/mol. The van der Waals surface area contributed by atoms with E-state index < -0.39 is 28.6 Å². The maximum absolute atomic E-state index is 15.0. The van der Waals surface area contributed by atoms with Crippen molar-refractivity contribution in [2.45, 2.75) is 29.0 Å². The van der Waals surface area contributed by atoms with Crippen molar-refractivity contribution < 1.29 is 18.7 Å². The Balaban J connectivity index is 1.99. The fourth-order valence-electron chi connectivity index (χ4n) is 2.84. The lowest BCUT2D eigenvalue weighted by Crippen LogP contribution is -2.44. The van der Waals surface area contributed by atoms with E-state index >= 15 is 4.39 Å². The zero-order valence-corrected chi connectivity index (χ0v) is 13.3. The van der Waals surface area contributed by atoms with Gasteiger partial charge in [-0.15, -0.1) is 11.8 Å². The molecule has 0 bridgehead atoms. The number of hydrogen-bond donors (Lipinski definition) is 2. The minimum atomic E-state index is -1.39. The van der Waals surface area contributed by atoms with Gasteiger partial charge in [-0.1, -0.05) is 0 Å². The Morgan fingerprint density at radius 1 is 1.33 bits per heavy atom. The zero-order chi connectivity index (χ0) is 17.0. The molecular formula is C16H14F2N2O3S. The summed E-state index contributed by atoms with van der Waals surface area (Å²) in [5, 5.41) is 12.1. The van der Waals surface area contributed by atoms with E-state index in [0.717, 1.165) is 30.7 Å². The number of aromatic nitrogens is 1. The molecule has 126 valence electrons. The highest BCUT2D eigenvalue weighted by Crippen LogP contribution is 2.40. The summed E-state index contributed by atoms with van der Waals surface area (Å²) in [6, 6.07) is 0.926. The molecule has 1 saturated heterocycles. The van der Waals surface area contributed by atoms with Crippen LogP contribution in [0.4, 0.5) is 8.78 Å². The van der Waals surface area contributed by atoms with E-state index in [1.54, 1.807) is 0 Å². The number of carboxylic acids is 1. The van der Waals surface area contributed by atoms with Crippen LogP contribution in [0.15, 0.2) is 22.0 Å². The number of halogens is 2. The van der Waals surface area contributed by atoms with Gasteiger partial charge in [0.05, 0.1) is 15.8 Å². The van der Waals surface area contributed by atoms with Crippen molar-refractivity contribution in [2.24, 2.45) is 0 Å². The van der Waals surface area contributed by atoms with Gasteiger partial charge in [-0.05, 0) is 18.9 Å². The number of hydrogen-bond acceptors (Lipinski definition) is 4. The van der Waals surface area contributed by atoms with E-state index in [4.69, 9.17) is 0 Å². The Labute approximate surface area is 139 Å². The molecule has 0 spiro atoms. The van der Waals surface area contributed by atoms with Gasteiger partial charge >= 0.3 is 5.97 Å². The molecule has 2 heterocycles. The number of aromatic carboxylic acids is 1. The molecule has 0 unspecified atom stereocenters. The first-order chi connectivity index (χ1) is 11.5. The van der Waals surface area contributed by atoms with Crippen molar-refractivity contribution >= 4 is 28.6 Å². The Morgan fingerprint density at radius 3 is 2.58 bits per heavy atom. The van der Waals surface area contributed by atoms with Crippen LogP contribution < -0.4 is 10.7 Å². The summed E-state index contributed by atoms with van der Waals surface area (Å²) < 4.78 is 30.9. The van der Waals surface area contributed by atoms with E-state index in [1.807, 2.05) is 0 Å². The maximum atomic E-state index is 15.0. The average Bonchev–Trinajstić information content (AvgIpc) is 3.30. The van der Waals surface area contributed by atoms with Gasteiger partial charge in [0.15, 0.2) is 5.82 Å². The molecule has 0 atom stereocenters. The van der Waals surface area contributed by atoms with Crippen LogP contribution in [-0.4, -0.2) is 34.0 Å². The lowest BCUT2D eigenvalue weighted by atomic mass is 10.1. The Hall–Kier alpha value is -1.93. The molecule has 2 aliphatic rings. The van der Waals surface area contributed by atoms with Crippen LogP contribution in [0.3, 0.4) is 0 Å². The molecule has 4 rings (SSSR count). The number of benzene rings is 1. The Bertz CT molecular complexity index is 920. The highest BCUT2D eigenvalue weighted by Gasteiger charge is 2.31. The third-order valence-electron chi connectivity index (χ3n) is 4.37. The summed E-state index contributed by atoms with van der Waals surface area (Å²) in [6.07, 6.45) is 2.75. The SMILES string of the molecule is O=C(O)c1cn(C2CC2)c2c(F)c(SC3CNC3)c(F)cc2c1=O. The van der Waals surface area contributed by atoms with Crippen molar-refractivity contribution in [3.05, 3.63) is 39.7 Å². The van der Waals surface area contributed by atoms with Gasteiger partial charge in [-0.3, -0.25) is 4.79 Å². The lowest BCUT2D eigenvalue weighted by molar-refractivity contribution is 0.0695. The van der Waals surface area contributed by atoms with Crippen LogP contribution >= 0.6 is 11.8 Å². The summed E-state index contributed by atoms with van der Waals surface area (Å²) in [7, 11) is 0. The molecule has 1 aliphatic carbocycles. The summed E-state index contributed by atoms with van der Waals surface area (Å²) in [5.74, 6) is -2.99. The van der Waals surface area contributed by atoms with Crippen molar-refractivity contribution in [1.82, 2.24) is 9.88 Å². The van der Waals surface area contributed by atoms with Gasteiger partial charge in [0.25, 0.3) is 0 Å². The minimum Gasteiger partial charge on any atom is -0.477 e. The third-order valence-corrected chi connectivity index (χ3v) is 5.64. The van der Waals surface area contributed by atoms with E-state index in [2.05, 4.69) is 5.32 Å². The van der Waals surface area contributed by atoms with Gasteiger partial charge in [-0.25, -0.2) is 13.6 Å². The van der Waals surface area contributed by atoms with Gasteiger partial charge in [-0.2, -0.15) is 0 Å². The van der Waals surface area contributed by atoms with Gasteiger partial charge < -0.3 is 15.0 Å². The number of carbonyl (C=O) groups is 1. The van der Waals surface area contributed by atoms with Gasteiger partial charge in [0.2, 0.25) is 5.43 Å². The number of pyridine rings is 1. The molecule has 0 amide bonds. The standard InChI is InChI=1S/C16H14F2N2O3S/c17-11-3-9-13(12(18)15(11)24-8-4-19-5-8)20(7-1-2-7)6-10(14(9)21)16(22)23/h3,6-8,19H,1-2,4-5H2,(H,22,23). The fourth-order valence-corrected chi connectivity index (χ4v) is 3.94. The van der Waals surface area contributed by atoms with E-state index in [-0.39, 0.29) is 27.1 Å². The molecule has 8 heteroatoms. The third kappa shape index (κ3) is 2.41. The van der Waals surface area contributed by atoms with Crippen LogP contribution in [0.1, 0.15) is 29.2 Å². The van der Waals surface area contributed by atoms with Crippen molar-refractivity contribution in [1.29, 1.82) is 0 Å². The van der Waals surface area contributed by atoms with Gasteiger partial charge in [0, 0.05) is 30.6 Å². The summed E-state index contributed by atoms with van der Waals surface area (Å²) >= 11 is 1.11. The second-order valence-electron chi connectivity index (χ2n) is 6.11. The number of rotatable bonds is 4. The molecule has 1 saturated carbocycles. The second kappa shape index (κ2) is 5.56. The number of nitrogens with zero attached hydrogens (tertiary/aromatic N) is 1. The Morgan fingerprint density at radius 2 is 2.04 bits per heavy atom. The highest BCUT2D eigenvalue weighted by atomic mass is 32.2. The molecule has 2 aromatic rings. The van der Waals surface area contributed by atoms with Gasteiger partial charge in [0.1, 0.15) is 11.4 Å². The maximum Gasteiger partial charge on any atom is 0.341 e. The molecule has 1 aromatic carbocycles. The smallest absolute Gasteiger partial charge is 0.341 e. The summed E-state index contributed by atoms with van der Waals surface area (Å²) in [4.78, 5) is 23.5. The van der Waals surface area contributed by atoms with E-state index in [0.29, 0.717) is 13.1 Å². The largest absolute Gasteiger partial charge is 0.477 e. The number of fused-ring (bicyclic) bond motifs is 1. The summed E-state index contributed by atoms with van der Waals surface area (Å²) in [6.45, 7) is 1.35. The molecule has 24 heavy (non-hydrogen) atoms. The normalized spacial score (nSPS) is 17.9. The fraction of sp³-hybridized carbons (Fsp3) is 0.375. The topological polar surface area (TPSA) is 71.3 Å². The van der Waals surface area contributed by atoms with Crippen LogP contribution in [0, 0.1) is 11.6 Å². The van der Waals surface area contributed by atoms with Crippen LogP contribution in [0.25, 0.3) is 10.9 Å². The first-order valence-corrected chi connectivity index (χ1v) is 8.53. The highest BCUT2D eigenvalue weighted by molar-refractivity contribution is 8.00. The quantitative estimate of drug-likeness (QED) is 0.884. The van der Waals surface area contributed by atoms with E-state index in [9.17, 15) is 19.1 Å². The molecule has 1 aromatic heterocycles.